The maximum Gasteiger partial charge on any atom is 0.325 e. The summed E-state index contributed by atoms with van der Waals surface area (Å²) < 4.78 is 101. The zero-order valence-electron chi connectivity index (χ0n) is 64.9. The maximum atomic E-state index is 12.4. The lowest BCUT2D eigenvalue weighted by molar-refractivity contribution is -0.262. The standard InChI is InChI=1S/C14H29N2O5P.C14H22NO4P.C11H21NO4.C8H10ClO2P.C8H11O3P.C7H16NO4P.C7H15NO2/c1-6-8-9-21-14(18)12(4)16-22(5,19)15-10-11(3)13(17)20-7-2;1-4-18-14(16)12(2)10-15-20(3,17)19-11-13-8-6-5-7-9-13;1-5-9(16-15-7-3)10(12)8(4)11(13)14-6-2;2*1-12(9,10)11-7-8-5-3-2-4-6-8;1-4-12-7(9)6(2)5-8-13(3,10)11;1-3-4-5-10-7(9)6(2)8/h11-12H,6-10H2,1-5H3,(H2,15,16,19);5-9,12H,4,10-11H2,1-3H3,(H,15,17);5,8,10H,6-7,12H2,1-4H3;2-6H,7H2,1H3;2-6H,7H2,1H3,(H,9,10);6H,4-5H2,1-3H3,(H2,8,10,11);6H,3-5,8H2,1-2H3/b;;9-5+;;;;. The topological polar surface area (TPSA) is 430 Å². The Kier molecular flexibility index (Phi) is 62.6. The van der Waals surface area contributed by atoms with Crippen LogP contribution in [0.25, 0.3) is 0 Å². The molecule has 3 aromatic rings. The van der Waals surface area contributed by atoms with Crippen molar-refractivity contribution in [3.63, 3.8) is 0 Å². The number of unbranched alkanes of at least 4 members (excludes halogenated alkanes) is 2. The highest BCUT2D eigenvalue weighted by Gasteiger charge is 2.28. The van der Waals surface area contributed by atoms with Crippen LogP contribution in [0.2, 0.25) is 0 Å². The van der Waals surface area contributed by atoms with Crippen LogP contribution in [0, 0.1) is 23.7 Å². The average molecular weight is 1610 g/mol. The molecule has 12 atom stereocenters. The summed E-state index contributed by atoms with van der Waals surface area (Å²) in [7, 11) is -12.5. The minimum absolute atomic E-state index is 0.156. The molecule has 105 heavy (non-hydrogen) atoms. The monoisotopic (exact) mass is 1610 g/mol. The van der Waals surface area contributed by atoms with Gasteiger partial charge in [0, 0.05) is 53.0 Å². The summed E-state index contributed by atoms with van der Waals surface area (Å²) in [6.45, 7) is 32.4. The molecule has 0 fully saturated rings. The van der Waals surface area contributed by atoms with Crippen LogP contribution in [0.4, 0.5) is 0 Å². The Morgan fingerprint density at radius 2 is 0.848 bits per heavy atom. The highest BCUT2D eigenvalue weighted by atomic mass is 35.7. The van der Waals surface area contributed by atoms with Gasteiger partial charge in [0.25, 0.3) is 21.8 Å². The lowest BCUT2D eigenvalue weighted by atomic mass is 10.0. The summed E-state index contributed by atoms with van der Waals surface area (Å²) in [6.07, 6.45) is 5.37. The zero-order valence-corrected chi connectivity index (χ0v) is 70.2. The van der Waals surface area contributed by atoms with E-state index in [-0.39, 0.29) is 68.6 Å². The van der Waals surface area contributed by atoms with Crippen molar-refractivity contribution in [1.29, 1.82) is 0 Å². The van der Waals surface area contributed by atoms with Crippen LogP contribution in [-0.4, -0.2) is 163 Å². The Balaban J connectivity index is -0.000000576. The largest absolute Gasteiger partial charge is 0.466 e. The minimum atomic E-state index is -3.33. The first-order chi connectivity index (χ1) is 49.0. The van der Waals surface area contributed by atoms with Crippen molar-refractivity contribution in [2.75, 3.05) is 99.2 Å². The number of carbonyl (C=O) groups excluding carboxylic acids is 6. The Labute approximate surface area is 628 Å². The zero-order chi connectivity index (χ0) is 81.3. The van der Waals surface area contributed by atoms with E-state index < -0.39 is 78.6 Å². The third-order valence-electron chi connectivity index (χ3n) is 12.8. The number of hydrogen-bond donors (Lipinski definition) is 8. The number of allylic oxidation sites excluding steroid dienone is 1. The van der Waals surface area contributed by atoms with Crippen LogP contribution >= 0.6 is 48.0 Å². The molecular formula is C69H124ClN6O24P5. The molecule has 0 amide bonds. The molecule has 0 aliphatic carbocycles. The van der Waals surface area contributed by atoms with E-state index in [0.717, 1.165) is 42.4 Å². The molecule has 30 nitrogen and oxygen atoms in total. The van der Waals surface area contributed by atoms with Crippen LogP contribution < -0.4 is 31.8 Å². The fourth-order valence-electron chi connectivity index (χ4n) is 6.82. The maximum absolute atomic E-state index is 12.4. The van der Waals surface area contributed by atoms with E-state index in [0.29, 0.717) is 58.6 Å². The number of halogens is 1. The molecule has 0 aliphatic rings. The first kappa shape index (κ1) is 106. The third-order valence-corrected chi connectivity index (χ3v) is 18.1. The second-order valence-electron chi connectivity index (χ2n) is 23.5. The normalized spacial score (nSPS) is 15.6. The first-order valence-corrected chi connectivity index (χ1v) is 45.9. The number of rotatable bonds is 41. The molecule has 606 valence electrons. The molecule has 0 saturated heterocycles. The molecule has 12 unspecified atom stereocenters. The second-order valence-corrected chi connectivity index (χ2v) is 35.7. The highest BCUT2D eigenvalue weighted by Crippen LogP contribution is 2.48. The summed E-state index contributed by atoms with van der Waals surface area (Å²) >= 11 is 5.42. The van der Waals surface area contributed by atoms with Gasteiger partial charge in [-0.15, -0.1) is 0 Å². The highest BCUT2D eigenvalue weighted by molar-refractivity contribution is 7.84. The molecule has 0 radical (unpaired) electrons. The predicted octanol–water partition coefficient (Wildman–Crippen LogP) is 12.7. The smallest absolute Gasteiger partial charge is 0.325 e. The molecule has 0 bridgehead atoms. The summed E-state index contributed by atoms with van der Waals surface area (Å²) in [6, 6.07) is 26.6. The van der Waals surface area contributed by atoms with E-state index in [1.807, 2.05) is 105 Å². The van der Waals surface area contributed by atoms with Gasteiger partial charge in [-0.25, -0.2) is 15.3 Å². The third kappa shape index (κ3) is 64.7. The van der Waals surface area contributed by atoms with Gasteiger partial charge in [0.2, 0.25) is 7.44 Å². The molecule has 10 N–H and O–H groups in total. The van der Waals surface area contributed by atoms with Crippen LogP contribution in [-0.2, 0) is 123 Å². The van der Waals surface area contributed by atoms with Crippen LogP contribution in [0.15, 0.2) is 103 Å². The van der Waals surface area contributed by atoms with Crippen molar-refractivity contribution in [1.82, 2.24) is 20.3 Å². The Morgan fingerprint density at radius 1 is 0.486 bits per heavy atom. The number of carbonyl (C=O) groups is 6. The van der Waals surface area contributed by atoms with Gasteiger partial charge in [-0.2, -0.15) is 4.89 Å². The Hall–Kier alpha value is -5.02. The molecule has 0 spiro atoms. The fraction of sp³-hybridized carbons (Fsp3) is 0.623. The van der Waals surface area contributed by atoms with Gasteiger partial charge in [-0.05, 0) is 109 Å². The first-order valence-electron chi connectivity index (χ1n) is 34.5. The number of nitrogens with two attached hydrogens (primary N) is 2. The van der Waals surface area contributed by atoms with Crippen molar-refractivity contribution < 1.29 is 113 Å². The van der Waals surface area contributed by atoms with Crippen molar-refractivity contribution in [3.05, 3.63) is 120 Å². The molecule has 3 rings (SSSR count). The SMILES string of the molecule is C/C=C(/OOCC)C(N)C(C)C(=O)OCC.CCCCOC(=O)C(C)N.CCCCOC(=O)C(C)NP(C)(=O)NCC(C)C(=O)OCC.CCOC(=O)C(C)CNP(C)(=O)O.CCOC(=O)C(C)CNP(C)(=O)OCc1ccccc1.CP(=O)(Cl)OCc1ccccc1.CP(=O)(O)OCc1ccccc1. The minimum Gasteiger partial charge on any atom is -0.466 e. The lowest BCUT2D eigenvalue weighted by Crippen LogP contribution is -2.38. The van der Waals surface area contributed by atoms with E-state index >= 15 is 0 Å². The van der Waals surface area contributed by atoms with Crippen molar-refractivity contribution in [2.24, 2.45) is 35.1 Å². The molecule has 3 aromatic carbocycles. The molecule has 0 aliphatic heterocycles. The van der Waals surface area contributed by atoms with Crippen molar-refractivity contribution >= 4 is 83.9 Å². The number of ether oxygens (including phenoxy) is 6. The van der Waals surface area contributed by atoms with Gasteiger partial charge < -0.3 is 68.1 Å². The number of nitrogens with one attached hydrogen (secondary N) is 4. The summed E-state index contributed by atoms with van der Waals surface area (Å²) in [5.41, 5.74) is 13.9. The summed E-state index contributed by atoms with van der Waals surface area (Å²) in [5.74, 6) is -3.30. The van der Waals surface area contributed by atoms with E-state index in [9.17, 15) is 51.6 Å². The molecule has 0 saturated carbocycles. The van der Waals surface area contributed by atoms with Gasteiger partial charge in [0.05, 0.1) is 95.8 Å². The van der Waals surface area contributed by atoms with Crippen molar-refractivity contribution in [2.45, 2.75) is 161 Å². The Morgan fingerprint density at radius 3 is 1.19 bits per heavy atom. The summed E-state index contributed by atoms with van der Waals surface area (Å²) in [4.78, 5) is 95.3. The Bertz CT molecular complexity index is 3040. The van der Waals surface area contributed by atoms with E-state index in [1.54, 1.807) is 89.2 Å². The van der Waals surface area contributed by atoms with Gasteiger partial charge >= 0.3 is 43.4 Å². The second kappa shape index (κ2) is 61.8. The van der Waals surface area contributed by atoms with Gasteiger partial charge in [0.15, 0.2) is 5.76 Å². The van der Waals surface area contributed by atoms with Crippen LogP contribution in [0.5, 0.6) is 0 Å². The van der Waals surface area contributed by atoms with E-state index in [1.165, 1.54) is 33.3 Å². The van der Waals surface area contributed by atoms with E-state index in [4.69, 9.17) is 84.3 Å². The van der Waals surface area contributed by atoms with Gasteiger partial charge in [-0.1, -0.05) is 138 Å². The molecular weight excluding hydrogens is 1490 g/mol. The molecule has 36 heteroatoms. The van der Waals surface area contributed by atoms with Crippen molar-refractivity contribution in [3.8, 4) is 0 Å². The number of hydrogen-bond acceptors (Lipinski definition) is 24. The van der Waals surface area contributed by atoms with E-state index in [2.05, 4.69) is 20.3 Å². The van der Waals surface area contributed by atoms with Crippen LogP contribution in [0.1, 0.15) is 139 Å². The van der Waals surface area contributed by atoms with Gasteiger partial charge in [-0.3, -0.25) is 56.7 Å². The molecule has 0 heterocycles. The summed E-state index contributed by atoms with van der Waals surface area (Å²) in [5, 5.41) is 10.7. The number of esters is 6. The predicted molar refractivity (Wildman–Crippen MR) is 411 cm³/mol. The fourth-order valence-corrected chi connectivity index (χ4v) is 11.0. The lowest BCUT2D eigenvalue weighted by Gasteiger charge is -2.21. The van der Waals surface area contributed by atoms with Crippen LogP contribution in [0.3, 0.4) is 0 Å². The molecule has 0 aromatic heterocycles. The van der Waals surface area contributed by atoms with Gasteiger partial charge in [0.1, 0.15) is 12.1 Å². The quantitative estimate of drug-likeness (QED) is 0.00497. The number of benzene rings is 3. The average Bonchev–Trinajstić information content (AvgIpc) is 0.930.